The molecular weight excluding hydrogens is 208 g/mol. The van der Waals surface area contributed by atoms with Gasteiger partial charge in [0.15, 0.2) is 0 Å². The number of rotatable bonds is 7. The van der Waals surface area contributed by atoms with Gasteiger partial charge in [0.25, 0.3) is 0 Å². The van der Waals surface area contributed by atoms with Crippen LogP contribution in [0.4, 0.5) is 0 Å². The molecule has 15 heavy (non-hydrogen) atoms. The van der Waals surface area contributed by atoms with E-state index in [1.165, 1.54) is 5.69 Å². The maximum Gasteiger partial charge on any atom is 0.0897 e. The number of ether oxygens (including phenoxy) is 1. The van der Waals surface area contributed by atoms with Crippen LogP contribution in [0, 0.1) is 6.92 Å². The molecule has 0 amide bonds. The molecule has 3 nitrogen and oxygen atoms in total. The minimum absolute atomic E-state index is 0.518. The lowest BCUT2D eigenvalue weighted by atomic mass is 10.2. The van der Waals surface area contributed by atoms with E-state index in [0.717, 1.165) is 31.0 Å². The first-order valence-corrected chi connectivity index (χ1v) is 6.23. The summed E-state index contributed by atoms with van der Waals surface area (Å²) in [6.45, 7) is 6.05. The Bertz CT molecular complexity index is 275. The molecule has 0 fully saturated rings. The van der Waals surface area contributed by atoms with Crippen molar-refractivity contribution in [1.29, 1.82) is 0 Å². The highest BCUT2D eigenvalue weighted by atomic mass is 32.1. The van der Waals surface area contributed by atoms with Crippen molar-refractivity contribution < 1.29 is 4.74 Å². The Balaban J connectivity index is 2.10. The summed E-state index contributed by atoms with van der Waals surface area (Å²) in [6.07, 6.45) is 2.08. The molecule has 0 saturated carbocycles. The van der Waals surface area contributed by atoms with Crippen molar-refractivity contribution in [2.75, 3.05) is 20.3 Å². The second-order valence-electron chi connectivity index (χ2n) is 3.74. The molecular formula is C11H20N2OS. The highest BCUT2D eigenvalue weighted by Gasteiger charge is 2.02. The summed E-state index contributed by atoms with van der Waals surface area (Å²) >= 11 is 1.72. The van der Waals surface area contributed by atoms with Gasteiger partial charge < -0.3 is 10.1 Å². The topological polar surface area (TPSA) is 34.1 Å². The first kappa shape index (κ1) is 12.6. The van der Waals surface area contributed by atoms with Crippen molar-refractivity contribution in [3.63, 3.8) is 0 Å². The third-order valence-electron chi connectivity index (χ3n) is 2.30. The molecule has 86 valence electrons. The van der Waals surface area contributed by atoms with E-state index in [0.29, 0.717) is 6.04 Å². The molecule has 1 aromatic rings. The number of aryl methyl sites for hydroxylation is 1. The van der Waals surface area contributed by atoms with Crippen LogP contribution in [0.15, 0.2) is 5.38 Å². The molecule has 0 aliphatic carbocycles. The smallest absolute Gasteiger partial charge is 0.0897 e. The Morgan fingerprint density at radius 2 is 2.40 bits per heavy atom. The molecule has 1 rings (SSSR count). The first-order valence-electron chi connectivity index (χ1n) is 5.35. The van der Waals surface area contributed by atoms with Gasteiger partial charge in [-0.25, -0.2) is 4.98 Å². The van der Waals surface area contributed by atoms with Gasteiger partial charge in [0.05, 0.1) is 10.7 Å². The van der Waals surface area contributed by atoms with E-state index in [1.54, 1.807) is 18.4 Å². The fraction of sp³-hybridized carbons (Fsp3) is 0.727. The fourth-order valence-corrected chi connectivity index (χ4v) is 2.01. The minimum Gasteiger partial charge on any atom is -0.385 e. The minimum atomic E-state index is 0.518. The molecule has 0 spiro atoms. The zero-order valence-corrected chi connectivity index (χ0v) is 10.6. The number of nitrogens with zero attached hydrogens (tertiary/aromatic N) is 1. The van der Waals surface area contributed by atoms with Crippen LogP contribution in [0.5, 0.6) is 0 Å². The summed E-state index contributed by atoms with van der Waals surface area (Å²) in [5.41, 5.74) is 1.20. The molecule has 0 radical (unpaired) electrons. The largest absolute Gasteiger partial charge is 0.385 e. The standard InChI is InChI=1S/C11H20N2OS/c1-9(5-7-14-3)12-6-4-11-8-15-10(2)13-11/h8-9,12H,4-7H2,1-3H3. The Morgan fingerprint density at radius 3 is 3.00 bits per heavy atom. The van der Waals surface area contributed by atoms with Crippen LogP contribution in [0.1, 0.15) is 24.0 Å². The quantitative estimate of drug-likeness (QED) is 0.775. The molecule has 0 bridgehead atoms. The van der Waals surface area contributed by atoms with Crippen LogP contribution in [0.3, 0.4) is 0 Å². The number of thiazole rings is 1. The Hall–Kier alpha value is -0.450. The van der Waals surface area contributed by atoms with E-state index >= 15 is 0 Å². The van der Waals surface area contributed by atoms with Crippen LogP contribution in [0.2, 0.25) is 0 Å². The number of nitrogens with one attached hydrogen (secondary N) is 1. The number of aromatic nitrogens is 1. The zero-order chi connectivity index (χ0) is 11.1. The van der Waals surface area contributed by atoms with Gasteiger partial charge in [-0.1, -0.05) is 0 Å². The summed E-state index contributed by atoms with van der Waals surface area (Å²) in [5, 5.41) is 6.75. The molecule has 1 atom stereocenters. The van der Waals surface area contributed by atoms with E-state index in [1.807, 2.05) is 6.92 Å². The second kappa shape index (κ2) is 6.93. The maximum absolute atomic E-state index is 5.03. The van der Waals surface area contributed by atoms with E-state index in [-0.39, 0.29) is 0 Å². The normalized spacial score (nSPS) is 13.0. The fourth-order valence-electron chi connectivity index (χ4n) is 1.37. The van der Waals surface area contributed by atoms with Gasteiger partial charge in [-0.15, -0.1) is 11.3 Å². The Kier molecular flexibility index (Phi) is 5.83. The maximum atomic E-state index is 5.03. The van der Waals surface area contributed by atoms with Gasteiger partial charge in [-0.05, 0) is 20.3 Å². The molecule has 1 unspecified atom stereocenters. The molecule has 0 saturated heterocycles. The van der Waals surface area contributed by atoms with Crippen molar-refractivity contribution in [3.05, 3.63) is 16.1 Å². The summed E-state index contributed by atoms with van der Waals surface area (Å²) in [5.74, 6) is 0. The van der Waals surface area contributed by atoms with Crippen LogP contribution >= 0.6 is 11.3 Å². The van der Waals surface area contributed by atoms with Crippen LogP contribution in [-0.4, -0.2) is 31.3 Å². The van der Waals surface area contributed by atoms with Gasteiger partial charge in [0.2, 0.25) is 0 Å². The van der Waals surface area contributed by atoms with Gasteiger partial charge in [0, 0.05) is 38.1 Å². The van der Waals surface area contributed by atoms with Gasteiger partial charge >= 0.3 is 0 Å². The zero-order valence-electron chi connectivity index (χ0n) is 9.75. The molecule has 1 aromatic heterocycles. The molecule has 0 aliphatic rings. The van der Waals surface area contributed by atoms with Crippen molar-refractivity contribution in [2.45, 2.75) is 32.7 Å². The molecule has 4 heteroatoms. The molecule has 1 heterocycles. The van der Waals surface area contributed by atoms with Crippen molar-refractivity contribution in [3.8, 4) is 0 Å². The third-order valence-corrected chi connectivity index (χ3v) is 3.12. The number of hydrogen-bond donors (Lipinski definition) is 1. The SMILES string of the molecule is COCCC(C)NCCc1csc(C)n1. The van der Waals surface area contributed by atoms with E-state index < -0.39 is 0 Å². The lowest BCUT2D eigenvalue weighted by Crippen LogP contribution is -2.29. The van der Waals surface area contributed by atoms with Crippen molar-refractivity contribution in [1.82, 2.24) is 10.3 Å². The van der Waals surface area contributed by atoms with Gasteiger partial charge in [-0.3, -0.25) is 0 Å². The van der Waals surface area contributed by atoms with E-state index in [2.05, 4.69) is 22.6 Å². The average molecular weight is 228 g/mol. The summed E-state index contributed by atoms with van der Waals surface area (Å²) < 4.78 is 5.03. The van der Waals surface area contributed by atoms with Crippen molar-refractivity contribution in [2.24, 2.45) is 0 Å². The third kappa shape index (κ3) is 5.25. The highest BCUT2D eigenvalue weighted by molar-refractivity contribution is 7.09. The van der Waals surface area contributed by atoms with E-state index in [4.69, 9.17) is 4.74 Å². The average Bonchev–Trinajstić information content (AvgIpc) is 2.61. The lowest BCUT2D eigenvalue weighted by Gasteiger charge is -2.12. The number of hydrogen-bond acceptors (Lipinski definition) is 4. The Morgan fingerprint density at radius 1 is 1.60 bits per heavy atom. The summed E-state index contributed by atoms with van der Waals surface area (Å²) in [7, 11) is 1.74. The Labute approximate surface area is 95.9 Å². The second-order valence-corrected chi connectivity index (χ2v) is 4.81. The number of methoxy groups -OCH3 is 1. The van der Waals surface area contributed by atoms with Crippen LogP contribution in [0.25, 0.3) is 0 Å². The summed E-state index contributed by atoms with van der Waals surface area (Å²) in [6, 6.07) is 0.518. The molecule has 1 N–H and O–H groups in total. The van der Waals surface area contributed by atoms with Crippen LogP contribution in [-0.2, 0) is 11.2 Å². The van der Waals surface area contributed by atoms with Crippen LogP contribution < -0.4 is 5.32 Å². The summed E-state index contributed by atoms with van der Waals surface area (Å²) in [4.78, 5) is 4.42. The molecule has 0 aromatic carbocycles. The van der Waals surface area contributed by atoms with Gasteiger partial charge in [0.1, 0.15) is 0 Å². The first-order chi connectivity index (χ1) is 7.22. The lowest BCUT2D eigenvalue weighted by molar-refractivity contribution is 0.185. The van der Waals surface area contributed by atoms with Gasteiger partial charge in [-0.2, -0.15) is 0 Å². The monoisotopic (exact) mass is 228 g/mol. The van der Waals surface area contributed by atoms with E-state index in [9.17, 15) is 0 Å². The predicted molar refractivity (Wildman–Crippen MR) is 64.5 cm³/mol. The molecule has 0 aliphatic heterocycles. The highest BCUT2D eigenvalue weighted by Crippen LogP contribution is 2.07. The van der Waals surface area contributed by atoms with Crippen molar-refractivity contribution >= 4 is 11.3 Å². The predicted octanol–water partition coefficient (Wildman–Crippen LogP) is 2.01.